The highest BCUT2D eigenvalue weighted by Gasteiger charge is 2.26. The molecule has 7 nitrogen and oxygen atoms in total. The van der Waals surface area contributed by atoms with Crippen molar-refractivity contribution in [1.29, 1.82) is 0 Å². The quantitative estimate of drug-likeness (QED) is 0.893. The van der Waals surface area contributed by atoms with Gasteiger partial charge in [-0.15, -0.1) is 0 Å². The van der Waals surface area contributed by atoms with E-state index >= 15 is 0 Å². The molecule has 0 aromatic carbocycles. The number of fused-ring (bicyclic) bond motifs is 2. The van der Waals surface area contributed by atoms with E-state index < -0.39 is 0 Å². The predicted molar refractivity (Wildman–Crippen MR) is 104 cm³/mol. The summed E-state index contributed by atoms with van der Waals surface area (Å²) in [6, 6.07) is 0. The first-order valence-electron chi connectivity index (χ1n) is 9.89. The zero-order valence-electron chi connectivity index (χ0n) is 16.5. The van der Waals surface area contributed by atoms with E-state index in [1.807, 2.05) is 30.8 Å². The second kappa shape index (κ2) is 7.29. The van der Waals surface area contributed by atoms with E-state index in [4.69, 9.17) is 0 Å². The normalized spacial score (nSPS) is 16.0. The Balaban J connectivity index is 1.43. The van der Waals surface area contributed by atoms with Crippen LogP contribution < -0.4 is 4.90 Å². The number of H-pyrrole nitrogens is 1. The lowest BCUT2D eigenvalue weighted by Gasteiger charge is -2.30. The fourth-order valence-corrected chi connectivity index (χ4v) is 4.25. The molecule has 0 saturated heterocycles. The number of aryl methyl sites for hydroxylation is 3. The molecule has 1 aliphatic carbocycles. The average Bonchev–Trinajstić information content (AvgIpc) is 3.08. The van der Waals surface area contributed by atoms with Crippen molar-refractivity contribution < 1.29 is 4.79 Å². The molecule has 1 aliphatic heterocycles. The minimum atomic E-state index is 0.191. The summed E-state index contributed by atoms with van der Waals surface area (Å²) in [4.78, 5) is 26.0. The van der Waals surface area contributed by atoms with Gasteiger partial charge in [0.2, 0.25) is 5.91 Å². The highest BCUT2D eigenvalue weighted by Crippen LogP contribution is 2.26. The molecule has 2 aromatic rings. The van der Waals surface area contributed by atoms with Crippen LogP contribution in [0.15, 0.2) is 0 Å². The number of hydrogen-bond acceptors (Lipinski definition) is 5. The van der Waals surface area contributed by atoms with Crippen molar-refractivity contribution in [3.63, 3.8) is 0 Å². The first kappa shape index (κ1) is 17.9. The number of nitrogens with one attached hydrogen (secondary N) is 1. The van der Waals surface area contributed by atoms with Crippen molar-refractivity contribution in [2.45, 2.75) is 58.4 Å². The maximum atomic E-state index is 12.8. The third-order valence-electron chi connectivity index (χ3n) is 5.65. The van der Waals surface area contributed by atoms with Crippen LogP contribution in [0.4, 0.5) is 5.82 Å². The number of carbonyl (C=O) groups is 1. The van der Waals surface area contributed by atoms with Gasteiger partial charge in [0.1, 0.15) is 11.6 Å². The minimum Gasteiger partial charge on any atom is -0.362 e. The van der Waals surface area contributed by atoms with Crippen LogP contribution >= 0.6 is 0 Å². The fraction of sp³-hybridized carbons (Fsp3) is 0.600. The number of aromatic nitrogens is 4. The monoisotopic (exact) mass is 368 g/mol. The number of carbonyl (C=O) groups excluding carboxylic acids is 1. The summed E-state index contributed by atoms with van der Waals surface area (Å²) in [6.45, 7) is 3.23. The number of anilines is 1. The average molecular weight is 368 g/mol. The van der Waals surface area contributed by atoms with E-state index in [9.17, 15) is 4.79 Å². The van der Waals surface area contributed by atoms with Gasteiger partial charge in [-0.1, -0.05) is 0 Å². The Hall–Kier alpha value is -2.44. The molecule has 0 radical (unpaired) electrons. The molecule has 0 bridgehead atoms. The Morgan fingerprint density at radius 3 is 2.78 bits per heavy atom. The van der Waals surface area contributed by atoms with Crippen molar-refractivity contribution in [2.24, 2.45) is 0 Å². The van der Waals surface area contributed by atoms with E-state index in [0.717, 1.165) is 55.3 Å². The second-order valence-corrected chi connectivity index (χ2v) is 7.81. The van der Waals surface area contributed by atoms with Crippen LogP contribution in [0.2, 0.25) is 0 Å². The first-order valence-corrected chi connectivity index (χ1v) is 9.89. The highest BCUT2D eigenvalue weighted by molar-refractivity contribution is 5.77. The van der Waals surface area contributed by atoms with E-state index in [2.05, 4.69) is 20.2 Å². The lowest BCUT2D eigenvalue weighted by atomic mass is 9.94. The Kier molecular flexibility index (Phi) is 4.85. The standard InChI is InChI=1S/C20H28N6O/c1-13-21-18-12-26(11-10-15(18)20(22-13)25(2)3)19(27)9-8-17-14-6-4-5-7-16(14)23-24-17/h4-12H2,1-3H3,(H,23,24). The molecule has 2 aromatic heterocycles. The molecular weight excluding hydrogens is 340 g/mol. The van der Waals surface area contributed by atoms with E-state index in [1.54, 1.807) is 0 Å². The van der Waals surface area contributed by atoms with Gasteiger partial charge >= 0.3 is 0 Å². The number of aromatic amines is 1. The molecule has 144 valence electrons. The number of nitrogens with zero attached hydrogens (tertiary/aromatic N) is 5. The fourth-order valence-electron chi connectivity index (χ4n) is 4.25. The summed E-state index contributed by atoms with van der Waals surface area (Å²) < 4.78 is 0. The topological polar surface area (TPSA) is 78.0 Å². The Morgan fingerprint density at radius 1 is 1.15 bits per heavy atom. The molecular formula is C20H28N6O. The summed E-state index contributed by atoms with van der Waals surface area (Å²) in [7, 11) is 4.01. The molecule has 3 heterocycles. The van der Waals surface area contributed by atoms with Gasteiger partial charge in [-0.3, -0.25) is 9.89 Å². The van der Waals surface area contributed by atoms with Crippen LogP contribution in [0.3, 0.4) is 0 Å². The molecule has 0 unspecified atom stereocenters. The molecule has 4 rings (SSSR count). The summed E-state index contributed by atoms with van der Waals surface area (Å²) in [5.74, 6) is 1.93. The van der Waals surface area contributed by atoms with Gasteiger partial charge in [-0.05, 0) is 44.6 Å². The van der Waals surface area contributed by atoms with Crippen molar-refractivity contribution in [3.8, 4) is 0 Å². The lowest BCUT2D eigenvalue weighted by Crippen LogP contribution is -2.37. The van der Waals surface area contributed by atoms with Gasteiger partial charge in [0, 0.05) is 44.7 Å². The van der Waals surface area contributed by atoms with Crippen LogP contribution in [0.5, 0.6) is 0 Å². The molecule has 0 atom stereocenters. The third-order valence-corrected chi connectivity index (χ3v) is 5.65. The van der Waals surface area contributed by atoms with Gasteiger partial charge in [0.15, 0.2) is 0 Å². The Morgan fingerprint density at radius 2 is 1.96 bits per heavy atom. The third kappa shape index (κ3) is 3.55. The van der Waals surface area contributed by atoms with Crippen molar-refractivity contribution >= 4 is 11.7 Å². The molecule has 0 spiro atoms. The van der Waals surface area contributed by atoms with Gasteiger partial charge in [-0.25, -0.2) is 9.97 Å². The predicted octanol–water partition coefficient (Wildman–Crippen LogP) is 1.97. The molecule has 2 aliphatic rings. The number of rotatable bonds is 4. The SMILES string of the molecule is Cc1nc2c(c(N(C)C)n1)CCN(C(=O)CCc1n[nH]c3c1CCCC3)C2. The summed E-state index contributed by atoms with van der Waals surface area (Å²) in [5, 5.41) is 7.64. The van der Waals surface area contributed by atoms with Crippen LogP contribution in [-0.2, 0) is 37.0 Å². The van der Waals surface area contributed by atoms with Gasteiger partial charge < -0.3 is 9.80 Å². The van der Waals surface area contributed by atoms with Crippen LogP contribution in [0.25, 0.3) is 0 Å². The smallest absolute Gasteiger partial charge is 0.223 e. The molecule has 0 fully saturated rings. The Bertz CT molecular complexity index is 856. The molecule has 27 heavy (non-hydrogen) atoms. The largest absolute Gasteiger partial charge is 0.362 e. The highest BCUT2D eigenvalue weighted by atomic mass is 16.2. The van der Waals surface area contributed by atoms with Gasteiger partial charge in [0.25, 0.3) is 0 Å². The molecule has 7 heteroatoms. The van der Waals surface area contributed by atoms with E-state index in [0.29, 0.717) is 13.0 Å². The summed E-state index contributed by atoms with van der Waals surface area (Å²) in [6.07, 6.45) is 6.69. The maximum absolute atomic E-state index is 12.8. The van der Waals surface area contributed by atoms with Crippen molar-refractivity contribution in [3.05, 3.63) is 34.0 Å². The van der Waals surface area contributed by atoms with Gasteiger partial charge in [-0.2, -0.15) is 5.10 Å². The zero-order valence-corrected chi connectivity index (χ0v) is 16.5. The van der Waals surface area contributed by atoms with E-state index in [-0.39, 0.29) is 5.91 Å². The van der Waals surface area contributed by atoms with Crippen LogP contribution in [-0.4, -0.2) is 51.6 Å². The number of hydrogen-bond donors (Lipinski definition) is 1. The van der Waals surface area contributed by atoms with Crippen LogP contribution in [0.1, 0.15) is 53.3 Å². The Labute approximate surface area is 160 Å². The van der Waals surface area contributed by atoms with Crippen molar-refractivity contribution in [1.82, 2.24) is 25.1 Å². The first-order chi connectivity index (χ1) is 13.0. The maximum Gasteiger partial charge on any atom is 0.223 e. The lowest BCUT2D eigenvalue weighted by molar-refractivity contribution is -0.132. The molecule has 1 N–H and O–H groups in total. The molecule has 1 amide bonds. The zero-order chi connectivity index (χ0) is 19.0. The van der Waals surface area contributed by atoms with Gasteiger partial charge in [0.05, 0.1) is 17.9 Å². The van der Waals surface area contributed by atoms with Crippen molar-refractivity contribution in [2.75, 3.05) is 25.5 Å². The number of amides is 1. The summed E-state index contributed by atoms with van der Waals surface area (Å²) in [5.41, 5.74) is 5.89. The summed E-state index contributed by atoms with van der Waals surface area (Å²) >= 11 is 0. The molecule has 0 saturated carbocycles. The van der Waals surface area contributed by atoms with Crippen LogP contribution in [0, 0.1) is 6.92 Å². The van der Waals surface area contributed by atoms with E-state index in [1.165, 1.54) is 29.7 Å². The minimum absolute atomic E-state index is 0.191. The second-order valence-electron chi connectivity index (χ2n) is 7.81.